The van der Waals surface area contributed by atoms with Crippen molar-refractivity contribution in [3.05, 3.63) is 12.2 Å². The highest BCUT2D eigenvalue weighted by atomic mass is 16.5. The summed E-state index contributed by atoms with van der Waals surface area (Å²) in [6.45, 7) is 5.10. The number of unbranched alkanes of at least 4 members (excludes halogenated alkanes) is 9. The van der Waals surface area contributed by atoms with Crippen LogP contribution >= 0.6 is 0 Å². The summed E-state index contributed by atoms with van der Waals surface area (Å²) in [6.07, 6.45) is 16.9. The Morgan fingerprint density at radius 3 is 2.20 bits per heavy atom. The quantitative estimate of drug-likeness (QED) is 0.209. The third-order valence-electron chi connectivity index (χ3n) is 4.09. The van der Waals surface area contributed by atoms with Crippen LogP contribution < -0.4 is 0 Å². The molecule has 0 rings (SSSR count). The monoisotopic (exact) mass is 356 g/mol. The second-order valence-corrected chi connectivity index (χ2v) is 6.71. The summed E-state index contributed by atoms with van der Waals surface area (Å²) in [6, 6.07) is 0. The summed E-state index contributed by atoms with van der Waals surface area (Å²) < 4.78 is 10.4. The Labute approximate surface area is 155 Å². The molecular weight excluding hydrogens is 316 g/mol. The fourth-order valence-corrected chi connectivity index (χ4v) is 2.49. The molecule has 0 amide bonds. The summed E-state index contributed by atoms with van der Waals surface area (Å²) in [4.78, 5) is 11.6. The van der Waals surface area contributed by atoms with Crippen molar-refractivity contribution in [1.29, 1.82) is 0 Å². The molecule has 0 aliphatic rings. The van der Waals surface area contributed by atoms with Crippen LogP contribution in [0.3, 0.4) is 0 Å². The molecule has 0 aliphatic carbocycles. The zero-order chi connectivity index (χ0) is 18.6. The largest absolute Gasteiger partial charge is 0.463 e. The summed E-state index contributed by atoms with van der Waals surface area (Å²) >= 11 is 0. The van der Waals surface area contributed by atoms with Crippen LogP contribution in [0.15, 0.2) is 12.2 Å². The Morgan fingerprint density at radius 1 is 0.880 bits per heavy atom. The van der Waals surface area contributed by atoms with Gasteiger partial charge in [-0.25, -0.2) is 0 Å². The Morgan fingerprint density at radius 2 is 1.52 bits per heavy atom. The summed E-state index contributed by atoms with van der Waals surface area (Å²) in [7, 11) is 0. The van der Waals surface area contributed by atoms with Crippen LogP contribution in [0.2, 0.25) is 0 Å². The first kappa shape index (κ1) is 24.1. The summed E-state index contributed by atoms with van der Waals surface area (Å²) in [5, 5.41) is 9.72. The number of hydrogen-bond acceptors (Lipinski definition) is 4. The highest BCUT2D eigenvalue weighted by Gasteiger charge is 2.08. The number of esters is 1. The van der Waals surface area contributed by atoms with Crippen molar-refractivity contribution >= 4 is 5.97 Å². The molecule has 0 fully saturated rings. The maximum absolute atomic E-state index is 11.6. The Kier molecular flexibility index (Phi) is 18.8. The van der Waals surface area contributed by atoms with Crippen molar-refractivity contribution in [1.82, 2.24) is 0 Å². The number of aliphatic hydroxyl groups is 1. The van der Waals surface area contributed by atoms with Gasteiger partial charge in [-0.1, -0.05) is 83.8 Å². The molecule has 25 heavy (non-hydrogen) atoms. The van der Waals surface area contributed by atoms with Gasteiger partial charge < -0.3 is 14.6 Å². The standard InChI is InChI=1S/C21H40O4/c1-3-5-7-9-10-11-12-14-16-21(23)25-19-20(22)18-24-17-15-13-8-6-4-2/h13,15,20,22H,3-12,14,16-19H2,1-2H3. The second-order valence-electron chi connectivity index (χ2n) is 6.71. The number of allylic oxidation sites excluding steroid dienone is 1. The van der Waals surface area contributed by atoms with Gasteiger partial charge in [-0.2, -0.15) is 0 Å². The smallest absolute Gasteiger partial charge is 0.305 e. The second kappa shape index (κ2) is 19.5. The first-order valence-electron chi connectivity index (χ1n) is 10.3. The first-order chi connectivity index (χ1) is 12.2. The van der Waals surface area contributed by atoms with Crippen molar-refractivity contribution in [3.8, 4) is 0 Å². The number of aliphatic hydroxyl groups excluding tert-OH is 1. The van der Waals surface area contributed by atoms with Gasteiger partial charge in [0.2, 0.25) is 0 Å². The van der Waals surface area contributed by atoms with E-state index < -0.39 is 6.10 Å². The molecule has 0 aromatic rings. The number of rotatable bonds is 18. The number of hydrogen-bond donors (Lipinski definition) is 1. The minimum atomic E-state index is -0.744. The molecule has 0 radical (unpaired) electrons. The molecule has 4 heteroatoms. The molecular formula is C21H40O4. The van der Waals surface area contributed by atoms with Gasteiger partial charge in [0, 0.05) is 6.42 Å². The van der Waals surface area contributed by atoms with E-state index >= 15 is 0 Å². The van der Waals surface area contributed by atoms with Crippen LogP contribution in [0.4, 0.5) is 0 Å². The van der Waals surface area contributed by atoms with Crippen molar-refractivity contribution in [2.45, 2.75) is 97.0 Å². The molecule has 0 aromatic heterocycles. The Bertz CT molecular complexity index is 315. The maximum atomic E-state index is 11.6. The molecule has 0 aromatic carbocycles. The van der Waals surface area contributed by atoms with Crippen LogP contribution in [0.1, 0.15) is 90.9 Å². The van der Waals surface area contributed by atoms with E-state index in [2.05, 4.69) is 19.9 Å². The van der Waals surface area contributed by atoms with Crippen molar-refractivity contribution < 1.29 is 19.4 Å². The van der Waals surface area contributed by atoms with Crippen LogP contribution in [0, 0.1) is 0 Å². The lowest BCUT2D eigenvalue weighted by atomic mass is 10.1. The fraction of sp³-hybridized carbons (Fsp3) is 0.857. The minimum absolute atomic E-state index is 0.0232. The van der Waals surface area contributed by atoms with E-state index in [-0.39, 0.29) is 19.2 Å². The van der Waals surface area contributed by atoms with E-state index in [9.17, 15) is 9.90 Å². The molecule has 0 heterocycles. The lowest BCUT2D eigenvalue weighted by Gasteiger charge is -2.11. The van der Waals surface area contributed by atoms with Gasteiger partial charge in [0.05, 0.1) is 13.2 Å². The molecule has 1 atom stereocenters. The lowest BCUT2D eigenvalue weighted by Crippen LogP contribution is -2.23. The van der Waals surface area contributed by atoms with Gasteiger partial charge in [-0.15, -0.1) is 0 Å². The highest BCUT2D eigenvalue weighted by Crippen LogP contribution is 2.10. The average Bonchev–Trinajstić information content (AvgIpc) is 2.61. The molecule has 1 N–H and O–H groups in total. The highest BCUT2D eigenvalue weighted by molar-refractivity contribution is 5.69. The fourth-order valence-electron chi connectivity index (χ4n) is 2.49. The molecule has 1 unspecified atom stereocenters. The van der Waals surface area contributed by atoms with Crippen LogP contribution in [0.5, 0.6) is 0 Å². The van der Waals surface area contributed by atoms with Gasteiger partial charge >= 0.3 is 5.97 Å². The Hall–Kier alpha value is -0.870. The summed E-state index contributed by atoms with van der Waals surface area (Å²) in [5.74, 6) is -0.218. The van der Waals surface area contributed by atoms with E-state index in [1.807, 2.05) is 6.08 Å². The minimum Gasteiger partial charge on any atom is -0.463 e. The van der Waals surface area contributed by atoms with Gasteiger partial charge in [0.15, 0.2) is 0 Å². The molecule has 0 saturated carbocycles. The number of carbonyl (C=O) groups excluding carboxylic acids is 1. The van der Waals surface area contributed by atoms with E-state index in [0.29, 0.717) is 13.0 Å². The lowest BCUT2D eigenvalue weighted by molar-refractivity contribution is -0.147. The van der Waals surface area contributed by atoms with E-state index in [1.54, 1.807) is 0 Å². The number of ether oxygens (including phenoxy) is 2. The van der Waals surface area contributed by atoms with Crippen LogP contribution in [-0.4, -0.2) is 37.0 Å². The first-order valence-corrected chi connectivity index (χ1v) is 10.3. The zero-order valence-corrected chi connectivity index (χ0v) is 16.5. The average molecular weight is 357 g/mol. The topological polar surface area (TPSA) is 55.8 Å². The zero-order valence-electron chi connectivity index (χ0n) is 16.5. The molecule has 4 nitrogen and oxygen atoms in total. The van der Waals surface area contributed by atoms with E-state index in [0.717, 1.165) is 19.3 Å². The van der Waals surface area contributed by atoms with E-state index in [1.165, 1.54) is 51.4 Å². The molecule has 0 bridgehead atoms. The summed E-state index contributed by atoms with van der Waals surface area (Å²) in [5.41, 5.74) is 0. The van der Waals surface area contributed by atoms with Crippen molar-refractivity contribution in [3.63, 3.8) is 0 Å². The third kappa shape index (κ3) is 19.3. The predicted octanol–water partition coefficient (Wildman–Crippen LogP) is 5.18. The molecule has 0 spiro atoms. The predicted molar refractivity (Wildman–Crippen MR) is 104 cm³/mol. The van der Waals surface area contributed by atoms with Gasteiger partial charge in [-0.3, -0.25) is 4.79 Å². The molecule has 0 saturated heterocycles. The van der Waals surface area contributed by atoms with Crippen LogP contribution in [0.25, 0.3) is 0 Å². The van der Waals surface area contributed by atoms with Gasteiger partial charge in [0.1, 0.15) is 12.7 Å². The van der Waals surface area contributed by atoms with Crippen molar-refractivity contribution in [2.75, 3.05) is 19.8 Å². The van der Waals surface area contributed by atoms with Gasteiger partial charge in [-0.05, 0) is 12.8 Å². The van der Waals surface area contributed by atoms with Crippen molar-refractivity contribution in [2.24, 2.45) is 0 Å². The maximum Gasteiger partial charge on any atom is 0.305 e. The van der Waals surface area contributed by atoms with Crippen LogP contribution in [-0.2, 0) is 14.3 Å². The molecule has 0 aliphatic heterocycles. The molecule has 148 valence electrons. The van der Waals surface area contributed by atoms with E-state index in [4.69, 9.17) is 9.47 Å². The Balaban J connectivity index is 3.39. The normalized spacial score (nSPS) is 12.6. The van der Waals surface area contributed by atoms with Gasteiger partial charge in [0.25, 0.3) is 0 Å². The SMILES string of the molecule is CCCCC=CCOCC(O)COC(=O)CCCCCCCCCC. The number of carbonyl (C=O) groups is 1. The third-order valence-corrected chi connectivity index (χ3v) is 4.09.